The number of rotatable bonds is 2. The van der Waals surface area contributed by atoms with Crippen LogP contribution in [-0.2, 0) is 14.4 Å². The molecule has 2 N–H and O–H groups in total. The molecule has 1 unspecified atom stereocenters. The standard InChI is InChI=1S/C18H21N3O4/c22-15-5-4-14(18(24)20-15)21-13-3-1-2-12(11-6-8-19-9-7-11)17(13)25-10-16(21)23/h1-3,11,14,19H,4-10H2,(H,20,22,24). The van der Waals surface area contributed by atoms with Crippen LogP contribution in [-0.4, -0.2) is 43.5 Å². The number of carbonyl (C=O) groups is 3. The predicted molar refractivity (Wildman–Crippen MR) is 90.4 cm³/mol. The normalized spacial score (nSPS) is 24.6. The van der Waals surface area contributed by atoms with E-state index in [0.717, 1.165) is 31.5 Å². The molecule has 2 saturated heterocycles. The molecular formula is C18H21N3O4. The number of benzene rings is 1. The fourth-order valence-corrected chi connectivity index (χ4v) is 3.95. The van der Waals surface area contributed by atoms with Crippen LogP contribution in [0.3, 0.4) is 0 Å². The Morgan fingerprint density at radius 1 is 1.08 bits per heavy atom. The highest BCUT2D eigenvalue weighted by atomic mass is 16.5. The summed E-state index contributed by atoms with van der Waals surface area (Å²) in [4.78, 5) is 37.7. The van der Waals surface area contributed by atoms with Crippen LogP contribution in [0.1, 0.15) is 37.2 Å². The zero-order valence-corrected chi connectivity index (χ0v) is 13.9. The van der Waals surface area contributed by atoms with Gasteiger partial charge in [-0.25, -0.2) is 0 Å². The number of fused-ring (bicyclic) bond motifs is 1. The van der Waals surface area contributed by atoms with Crippen LogP contribution in [0.4, 0.5) is 5.69 Å². The maximum atomic E-state index is 12.5. The molecule has 25 heavy (non-hydrogen) atoms. The molecule has 2 fully saturated rings. The Balaban J connectivity index is 1.70. The Kier molecular flexibility index (Phi) is 4.17. The van der Waals surface area contributed by atoms with E-state index in [-0.39, 0.29) is 24.8 Å². The highest BCUT2D eigenvalue weighted by Crippen LogP contribution is 2.42. The van der Waals surface area contributed by atoms with Gasteiger partial charge in [0, 0.05) is 6.42 Å². The minimum Gasteiger partial charge on any atom is -0.481 e. The van der Waals surface area contributed by atoms with E-state index in [4.69, 9.17) is 4.74 Å². The number of nitrogens with zero attached hydrogens (tertiary/aromatic N) is 1. The quantitative estimate of drug-likeness (QED) is 0.771. The van der Waals surface area contributed by atoms with Crippen molar-refractivity contribution >= 4 is 23.4 Å². The van der Waals surface area contributed by atoms with Crippen molar-refractivity contribution in [3.05, 3.63) is 23.8 Å². The fourth-order valence-electron chi connectivity index (χ4n) is 3.95. The lowest BCUT2D eigenvalue weighted by molar-refractivity contribution is -0.136. The van der Waals surface area contributed by atoms with Crippen LogP contribution in [0.2, 0.25) is 0 Å². The van der Waals surface area contributed by atoms with E-state index in [9.17, 15) is 14.4 Å². The molecule has 0 radical (unpaired) electrons. The van der Waals surface area contributed by atoms with Crippen LogP contribution in [0.15, 0.2) is 18.2 Å². The molecule has 0 spiro atoms. The molecule has 132 valence electrons. The van der Waals surface area contributed by atoms with Crippen molar-refractivity contribution < 1.29 is 19.1 Å². The summed E-state index contributed by atoms with van der Waals surface area (Å²) in [5.41, 5.74) is 1.74. The molecule has 0 bridgehead atoms. The van der Waals surface area contributed by atoms with Crippen LogP contribution < -0.4 is 20.3 Å². The molecule has 4 rings (SSSR count). The van der Waals surface area contributed by atoms with Gasteiger partial charge in [0.1, 0.15) is 11.8 Å². The lowest BCUT2D eigenvalue weighted by Gasteiger charge is -2.38. The number of nitrogens with one attached hydrogen (secondary N) is 2. The molecule has 0 aromatic heterocycles. The number of hydrogen-bond donors (Lipinski definition) is 2. The number of imide groups is 1. The molecule has 0 saturated carbocycles. The minimum atomic E-state index is -0.656. The van der Waals surface area contributed by atoms with Crippen molar-refractivity contribution in [1.82, 2.24) is 10.6 Å². The van der Waals surface area contributed by atoms with Gasteiger partial charge in [-0.15, -0.1) is 0 Å². The van der Waals surface area contributed by atoms with Gasteiger partial charge in [-0.1, -0.05) is 12.1 Å². The van der Waals surface area contributed by atoms with Crippen molar-refractivity contribution in [2.75, 3.05) is 24.6 Å². The van der Waals surface area contributed by atoms with E-state index >= 15 is 0 Å². The van der Waals surface area contributed by atoms with Crippen molar-refractivity contribution in [2.45, 2.75) is 37.6 Å². The first-order valence-electron chi connectivity index (χ1n) is 8.77. The topological polar surface area (TPSA) is 87.7 Å². The van der Waals surface area contributed by atoms with Crippen LogP contribution in [0.25, 0.3) is 0 Å². The second-order valence-electron chi connectivity index (χ2n) is 6.74. The molecule has 1 aromatic carbocycles. The van der Waals surface area contributed by atoms with Gasteiger partial charge < -0.3 is 10.1 Å². The summed E-state index contributed by atoms with van der Waals surface area (Å²) >= 11 is 0. The van der Waals surface area contributed by atoms with E-state index < -0.39 is 11.9 Å². The van der Waals surface area contributed by atoms with Gasteiger partial charge in [-0.3, -0.25) is 24.6 Å². The first kappa shape index (κ1) is 16.1. The van der Waals surface area contributed by atoms with E-state index in [1.165, 1.54) is 4.90 Å². The van der Waals surface area contributed by atoms with Gasteiger partial charge in [0.2, 0.25) is 11.8 Å². The number of piperidine rings is 2. The highest BCUT2D eigenvalue weighted by molar-refractivity contribution is 6.08. The summed E-state index contributed by atoms with van der Waals surface area (Å²) < 4.78 is 5.79. The molecule has 7 heteroatoms. The Bertz CT molecular complexity index is 727. The number of amides is 3. The highest BCUT2D eigenvalue weighted by Gasteiger charge is 2.39. The number of hydrogen-bond acceptors (Lipinski definition) is 5. The average molecular weight is 343 g/mol. The smallest absolute Gasteiger partial charge is 0.265 e. The van der Waals surface area contributed by atoms with E-state index in [1.807, 2.05) is 18.2 Å². The van der Waals surface area contributed by atoms with Crippen LogP contribution in [0.5, 0.6) is 5.75 Å². The summed E-state index contributed by atoms with van der Waals surface area (Å²) in [6.45, 7) is 1.85. The predicted octanol–water partition coefficient (Wildman–Crippen LogP) is 0.684. The lowest BCUT2D eigenvalue weighted by Crippen LogP contribution is -2.56. The number of para-hydroxylation sites is 1. The second-order valence-corrected chi connectivity index (χ2v) is 6.74. The molecule has 3 aliphatic heterocycles. The van der Waals surface area contributed by atoms with Gasteiger partial charge in [0.05, 0.1) is 5.69 Å². The first-order valence-corrected chi connectivity index (χ1v) is 8.77. The molecular weight excluding hydrogens is 322 g/mol. The average Bonchev–Trinajstić information content (AvgIpc) is 2.63. The molecule has 3 aliphatic rings. The Hall–Kier alpha value is -2.41. The van der Waals surface area contributed by atoms with Gasteiger partial charge in [0.15, 0.2) is 6.61 Å². The van der Waals surface area contributed by atoms with Gasteiger partial charge in [0.25, 0.3) is 5.91 Å². The first-order chi connectivity index (χ1) is 12.1. The third-order valence-corrected chi connectivity index (χ3v) is 5.19. The third-order valence-electron chi connectivity index (χ3n) is 5.19. The molecule has 3 amide bonds. The second kappa shape index (κ2) is 6.48. The van der Waals surface area contributed by atoms with Crippen molar-refractivity contribution in [3.63, 3.8) is 0 Å². The fraction of sp³-hybridized carbons (Fsp3) is 0.500. The summed E-state index contributed by atoms with van der Waals surface area (Å²) in [7, 11) is 0. The SMILES string of the molecule is O=C1CCC(N2C(=O)COc3c(C4CCNCC4)cccc32)C(=O)N1. The Labute approximate surface area is 145 Å². The maximum Gasteiger partial charge on any atom is 0.265 e. The van der Waals surface area contributed by atoms with Crippen LogP contribution in [0, 0.1) is 0 Å². The zero-order chi connectivity index (χ0) is 17.4. The summed E-state index contributed by atoms with van der Waals surface area (Å²) in [6.07, 6.45) is 2.62. The lowest BCUT2D eigenvalue weighted by atomic mass is 9.88. The van der Waals surface area contributed by atoms with E-state index in [0.29, 0.717) is 23.8 Å². The van der Waals surface area contributed by atoms with Gasteiger partial charge >= 0.3 is 0 Å². The monoisotopic (exact) mass is 343 g/mol. The molecule has 1 atom stereocenters. The van der Waals surface area contributed by atoms with E-state index in [2.05, 4.69) is 10.6 Å². The third kappa shape index (κ3) is 2.89. The van der Waals surface area contributed by atoms with Gasteiger partial charge in [-0.05, 0) is 49.9 Å². The summed E-state index contributed by atoms with van der Waals surface area (Å²) in [5, 5.41) is 5.69. The number of carbonyl (C=O) groups excluding carboxylic acids is 3. The molecule has 0 aliphatic carbocycles. The molecule has 3 heterocycles. The number of ether oxygens (including phenoxy) is 1. The van der Waals surface area contributed by atoms with Crippen molar-refractivity contribution in [2.24, 2.45) is 0 Å². The summed E-state index contributed by atoms with van der Waals surface area (Å²) in [6, 6.07) is 5.13. The van der Waals surface area contributed by atoms with Gasteiger partial charge in [-0.2, -0.15) is 0 Å². The Morgan fingerprint density at radius 3 is 2.64 bits per heavy atom. The Morgan fingerprint density at radius 2 is 1.88 bits per heavy atom. The molecule has 1 aromatic rings. The van der Waals surface area contributed by atoms with Crippen LogP contribution >= 0.6 is 0 Å². The van der Waals surface area contributed by atoms with E-state index in [1.54, 1.807) is 0 Å². The number of anilines is 1. The maximum absolute atomic E-state index is 12.5. The van der Waals surface area contributed by atoms with Crippen molar-refractivity contribution in [3.8, 4) is 5.75 Å². The zero-order valence-electron chi connectivity index (χ0n) is 13.9. The molecule has 7 nitrogen and oxygen atoms in total. The minimum absolute atomic E-state index is 0.0767. The van der Waals surface area contributed by atoms with Crippen molar-refractivity contribution in [1.29, 1.82) is 0 Å². The summed E-state index contributed by atoms with van der Waals surface area (Å²) in [5.74, 6) is 0.145. The largest absolute Gasteiger partial charge is 0.481 e.